The third kappa shape index (κ3) is 3.64. The Hall–Kier alpha value is -2.21. The zero-order chi connectivity index (χ0) is 14.5. The second-order valence-corrected chi connectivity index (χ2v) is 4.84. The zero-order valence-electron chi connectivity index (χ0n) is 10.2. The monoisotopic (exact) mass is 336 g/mol. The Morgan fingerprint density at radius 3 is 2.10 bits per heavy atom. The highest BCUT2D eigenvalue weighted by atomic mass is 79.9. The van der Waals surface area contributed by atoms with Gasteiger partial charge in [0.25, 0.3) is 11.8 Å². The third-order valence-corrected chi connectivity index (χ3v) is 2.98. The molecule has 6 heteroatoms. The van der Waals surface area contributed by atoms with E-state index in [1.165, 1.54) is 24.3 Å². The molecule has 0 aromatic heterocycles. The highest BCUT2D eigenvalue weighted by molar-refractivity contribution is 9.10. The summed E-state index contributed by atoms with van der Waals surface area (Å²) in [6, 6.07) is 11.7. The van der Waals surface area contributed by atoms with E-state index in [0.29, 0.717) is 5.56 Å². The van der Waals surface area contributed by atoms with E-state index in [9.17, 15) is 14.0 Å². The summed E-state index contributed by atoms with van der Waals surface area (Å²) in [7, 11) is 0. The Kier molecular flexibility index (Phi) is 4.47. The minimum atomic E-state index is -0.520. The van der Waals surface area contributed by atoms with Gasteiger partial charge < -0.3 is 0 Å². The lowest BCUT2D eigenvalue weighted by Gasteiger charge is -2.07. The largest absolute Gasteiger partial charge is 0.269 e. The molecule has 2 rings (SSSR count). The van der Waals surface area contributed by atoms with Crippen LogP contribution in [0.1, 0.15) is 20.7 Å². The molecule has 0 saturated heterocycles. The predicted molar refractivity (Wildman–Crippen MR) is 75.5 cm³/mol. The molecule has 2 aromatic rings. The van der Waals surface area contributed by atoms with Crippen LogP contribution in [0.15, 0.2) is 53.0 Å². The molecule has 102 valence electrons. The van der Waals surface area contributed by atoms with Crippen LogP contribution in [0.4, 0.5) is 4.39 Å². The fourth-order valence-electron chi connectivity index (χ4n) is 1.49. The van der Waals surface area contributed by atoms with Crippen molar-refractivity contribution >= 4 is 27.7 Å². The quantitative estimate of drug-likeness (QED) is 0.828. The summed E-state index contributed by atoms with van der Waals surface area (Å²) in [5, 5.41) is 0. The summed E-state index contributed by atoms with van der Waals surface area (Å²) in [4.78, 5) is 23.5. The number of halogens is 2. The molecule has 2 aromatic carbocycles. The Morgan fingerprint density at radius 1 is 0.900 bits per heavy atom. The molecule has 0 atom stereocenters. The topological polar surface area (TPSA) is 58.2 Å². The molecule has 0 spiro atoms. The molecule has 2 N–H and O–H groups in total. The van der Waals surface area contributed by atoms with E-state index < -0.39 is 17.6 Å². The predicted octanol–water partition coefficient (Wildman–Crippen LogP) is 2.66. The molecule has 0 radical (unpaired) electrons. The zero-order valence-corrected chi connectivity index (χ0v) is 11.8. The Balaban J connectivity index is 1.96. The van der Waals surface area contributed by atoms with E-state index in [2.05, 4.69) is 26.8 Å². The van der Waals surface area contributed by atoms with Crippen LogP contribution in [0.2, 0.25) is 0 Å². The second kappa shape index (κ2) is 6.29. The van der Waals surface area contributed by atoms with Gasteiger partial charge in [-0.25, -0.2) is 4.39 Å². The van der Waals surface area contributed by atoms with Gasteiger partial charge in [0.2, 0.25) is 0 Å². The Morgan fingerprint density at radius 2 is 1.50 bits per heavy atom. The first kappa shape index (κ1) is 14.2. The van der Waals surface area contributed by atoms with Gasteiger partial charge in [0.05, 0.1) is 0 Å². The van der Waals surface area contributed by atoms with E-state index in [1.807, 2.05) is 0 Å². The minimum absolute atomic E-state index is 0.251. The van der Waals surface area contributed by atoms with Crippen molar-refractivity contribution in [2.75, 3.05) is 0 Å². The molecule has 2 amide bonds. The van der Waals surface area contributed by atoms with E-state index in [4.69, 9.17) is 0 Å². The number of carbonyl (C=O) groups excluding carboxylic acids is 2. The van der Waals surface area contributed by atoms with Gasteiger partial charge in [-0.15, -0.1) is 0 Å². The van der Waals surface area contributed by atoms with Crippen molar-refractivity contribution in [1.29, 1.82) is 0 Å². The van der Waals surface area contributed by atoms with Crippen molar-refractivity contribution in [3.05, 3.63) is 69.9 Å². The molecule has 4 nitrogen and oxygen atoms in total. The number of benzene rings is 2. The Labute approximate surface area is 123 Å². The first-order valence-electron chi connectivity index (χ1n) is 5.68. The lowest BCUT2D eigenvalue weighted by Crippen LogP contribution is -2.41. The third-order valence-electron chi connectivity index (χ3n) is 2.48. The SMILES string of the molecule is O=C(NNC(=O)c1cccc(Br)c1)c1ccc(F)cc1. The standard InChI is InChI=1S/C14H10BrFN2O2/c15-11-3-1-2-10(8-11)14(20)18-17-13(19)9-4-6-12(16)7-5-9/h1-8H,(H,17,19)(H,18,20). The molecule has 0 heterocycles. The van der Waals surface area contributed by atoms with Gasteiger partial charge in [-0.1, -0.05) is 22.0 Å². The van der Waals surface area contributed by atoms with E-state index in [-0.39, 0.29) is 5.56 Å². The summed E-state index contributed by atoms with van der Waals surface area (Å²) >= 11 is 3.25. The summed E-state index contributed by atoms with van der Waals surface area (Å²) < 4.78 is 13.5. The van der Waals surface area contributed by atoms with Gasteiger partial charge in [-0.05, 0) is 42.5 Å². The van der Waals surface area contributed by atoms with Crippen LogP contribution >= 0.6 is 15.9 Å². The maximum atomic E-state index is 12.7. The minimum Gasteiger partial charge on any atom is -0.267 e. The maximum Gasteiger partial charge on any atom is 0.269 e. The number of hydrogen-bond donors (Lipinski definition) is 2. The summed E-state index contributed by atoms with van der Waals surface area (Å²) in [5.41, 5.74) is 5.20. The van der Waals surface area contributed by atoms with Gasteiger partial charge in [0.15, 0.2) is 0 Å². The smallest absolute Gasteiger partial charge is 0.267 e. The van der Waals surface area contributed by atoms with Gasteiger partial charge in [-0.3, -0.25) is 20.4 Å². The number of rotatable bonds is 2. The van der Waals surface area contributed by atoms with Crippen LogP contribution in [0.25, 0.3) is 0 Å². The molecule has 0 aliphatic rings. The normalized spacial score (nSPS) is 9.90. The van der Waals surface area contributed by atoms with E-state index in [0.717, 1.165) is 4.47 Å². The molecule has 0 unspecified atom stereocenters. The molecule has 0 fully saturated rings. The highest BCUT2D eigenvalue weighted by Crippen LogP contribution is 2.11. The number of nitrogens with one attached hydrogen (secondary N) is 2. The second-order valence-electron chi connectivity index (χ2n) is 3.93. The van der Waals surface area contributed by atoms with Crippen molar-refractivity contribution in [1.82, 2.24) is 10.9 Å². The van der Waals surface area contributed by atoms with Crippen molar-refractivity contribution in [2.45, 2.75) is 0 Å². The number of carbonyl (C=O) groups is 2. The van der Waals surface area contributed by atoms with Crippen LogP contribution in [0.5, 0.6) is 0 Å². The molecular weight excluding hydrogens is 327 g/mol. The molecule has 20 heavy (non-hydrogen) atoms. The average Bonchev–Trinajstić information content (AvgIpc) is 2.45. The van der Waals surface area contributed by atoms with Crippen molar-refractivity contribution in [3.63, 3.8) is 0 Å². The molecule has 0 aliphatic carbocycles. The van der Waals surface area contributed by atoms with Crippen molar-refractivity contribution in [3.8, 4) is 0 Å². The van der Waals surface area contributed by atoms with Crippen molar-refractivity contribution in [2.24, 2.45) is 0 Å². The summed E-state index contributed by atoms with van der Waals surface area (Å²) in [6.45, 7) is 0. The van der Waals surface area contributed by atoms with Gasteiger partial charge in [0, 0.05) is 15.6 Å². The highest BCUT2D eigenvalue weighted by Gasteiger charge is 2.09. The number of amides is 2. The summed E-state index contributed by atoms with van der Waals surface area (Å²) in [5.74, 6) is -1.39. The molecule has 0 bridgehead atoms. The van der Waals surface area contributed by atoms with E-state index in [1.54, 1.807) is 24.3 Å². The van der Waals surface area contributed by atoms with Crippen molar-refractivity contribution < 1.29 is 14.0 Å². The Bertz CT molecular complexity index is 644. The van der Waals surface area contributed by atoms with Gasteiger partial charge in [0.1, 0.15) is 5.82 Å². The van der Waals surface area contributed by atoms with Gasteiger partial charge >= 0.3 is 0 Å². The van der Waals surface area contributed by atoms with Crippen LogP contribution < -0.4 is 10.9 Å². The fourth-order valence-corrected chi connectivity index (χ4v) is 1.89. The fraction of sp³-hybridized carbons (Fsp3) is 0. The van der Waals surface area contributed by atoms with E-state index >= 15 is 0 Å². The first-order valence-corrected chi connectivity index (χ1v) is 6.47. The van der Waals surface area contributed by atoms with Crippen LogP contribution in [-0.2, 0) is 0 Å². The molecule has 0 aliphatic heterocycles. The van der Waals surface area contributed by atoms with Crippen LogP contribution in [0.3, 0.4) is 0 Å². The maximum absolute atomic E-state index is 12.7. The molecular formula is C14H10BrFN2O2. The summed E-state index contributed by atoms with van der Waals surface area (Å²) in [6.07, 6.45) is 0. The number of hydrazine groups is 1. The van der Waals surface area contributed by atoms with Crippen LogP contribution in [-0.4, -0.2) is 11.8 Å². The average molecular weight is 337 g/mol. The molecule has 0 saturated carbocycles. The number of hydrogen-bond acceptors (Lipinski definition) is 2. The lowest BCUT2D eigenvalue weighted by molar-refractivity contribution is 0.0846. The van der Waals surface area contributed by atoms with Crippen LogP contribution in [0, 0.1) is 5.82 Å². The van der Waals surface area contributed by atoms with Gasteiger partial charge in [-0.2, -0.15) is 0 Å². The first-order chi connectivity index (χ1) is 9.56. The lowest BCUT2D eigenvalue weighted by atomic mass is 10.2.